The zero-order chi connectivity index (χ0) is 29.6. The Bertz CT molecular complexity index is 1800. The van der Waals surface area contributed by atoms with E-state index in [0.29, 0.717) is 51.7 Å². The average molecular weight is 582 g/mol. The first-order valence-electron chi connectivity index (χ1n) is 14.1. The summed E-state index contributed by atoms with van der Waals surface area (Å²) in [6.45, 7) is 4.98. The van der Waals surface area contributed by atoms with Gasteiger partial charge in [0, 0.05) is 43.0 Å². The minimum absolute atomic E-state index is 0.00322. The number of morpholine rings is 1. The first kappa shape index (κ1) is 28.3. The van der Waals surface area contributed by atoms with Crippen LogP contribution in [0, 0.1) is 0 Å². The minimum Gasteiger partial charge on any atom is -0.493 e. The lowest BCUT2D eigenvalue weighted by molar-refractivity contribution is 0.0357. The van der Waals surface area contributed by atoms with Gasteiger partial charge in [0.2, 0.25) is 5.78 Å². The van der Waals surface area contributed by atoms with E-state index < -0.39 is 0 Å². The molecular formula is C32H31N5O6. The number of H-pyrrole nitrogens is 1. The maximum Gasteiger partial charge on any atom is 0.259 e. The summed E-state index contributed by atoms with van der Waals surface area (Å²) < 4.78 is 23.2. The highest BCUT2D eigenvalue weighted by atomic mass is 16.5. The van der Waals surface area contributed by atoms with Crippen molar-refractivity contribution in [2.75, 3.05) is 46.6 Å². The first-order valence-corrected chi connectivity index (χ1v) is 14.1. The van der Waals surface area contributed by atoms with Crippen LogP contribution in [0.2, 0.25) is 0 Å². The number of hydrogen-bond acceptors (Lipinski definition) is 10. The number of aromatic nitrogens is 4. The van der Waals surface area contributed by atoms with E-state index in [4.69, 9.17) is 18.9 Å². The third kappa shape index (κ3) is 6.63. The van der Waals surface area contributed by atoms with Gasteiger partial charge in [-0.3, -0.25) is 24.5 Å². The van der Waals surface area contributed by atoms with E-state index in [1.54, 1.807) is 62.0 Å². The molecule has 1 saturated heterocycles. The number of nitrogens with one attached hydrogen (secondary N) is 1. The molecule has 1 aliphatic rings. The molecule has 11 nitrogen and oxygen atoms in total. The quantitative estimate of drug-likeness (QED) is 0.179. The molecule has 6 rings (SSSR count). The number of carbonyl (C=O) groups is 1. The van der Waals surface area contributed by atoms with Crippen molar-refractivity contribution in [2.24, 2.45) is 0 Å². The highest BCUT2D eigenvalue weighted by Gasteiger charge is 2.15. The van der Waals surface area contributed by atoms with Crippen molar-refractivity contribution in [3.8, 4) is 23.0 Å². The molecule has 2 aromatic carbocycles. The number of pyridine rings is 2. The number of Topliss-reactive ketones (excluding diaryl/α,β-unsaturated/α-hetero) is 1. The van der Waals surface area contributed by atoms with Gasteiger partial charge in [-0.2, -0.15) is 0 Å². The van der Waals surface area contributed by atoms with Crippen molar-refractivity contribution < 1.29 is 23.7 Å². The number of rotatable bonds is 11. The maximum atomic E-state index is 12.8. The number of para-hydroxylation sites is 1. The summed E-state index contributed by atoms with van der Waals surface area (Å²) in [5.74, 6) is 1.94. The Balaban J connectivity index is 1.12. The number of fused-ring (bicyclic) bond motifs is 2. The minimum atomic E-state index is -0.352. The lowest BCUT2D eigenvalue weighted by Gasteiger charge is -2.26. The van der Waals surface area contributed by atoms with E-state index in [1.165, 1.54) is 0 Å². The molecule has 0 atom stereocenters. The molecule has 0 aliphatic carbocycles. The monoisotopic (exact) mass is 581 g/mol. The summed E-state index contributed by atoms with van der Waals surface area (Å²) in [6, 6.07) is 15.8. The average Bonchev–Trinajstić information content (AvgIpc) is 3.04. The molecular weight excluding hydrogens is 550 g/mol. The van der Waals surface area contributed by atoms with Crippen molar-refractivity contribution in [3.05, 3.63) is 88.9 Å². The predicted octanol–water partition coefficient (Wildman–Crippen LogP) is 4.19. The van der Waals surface area contributed by atoms with Gasteiger partial charge in [0.05, 0.1) is 56.0 Å². The maximum absolute atomic E-state index is 12.8. The number of carbonyl (C=O) groups excluding carboxylic acids is 1. The Hall–Kier alpha value is -4.87. The summed E-state index contributed by atoms with van der Waals surface area (Å²) in [7, 11) is 1.60. The largest absolute Gasteiger partial charge is 0.493 e. The van der Waals surface area contributed by atoms with Crippen LogP contribution in [0.3, 0.4) is 0 Å². The lowest BCUT2D eigenvalue weighted by atomic mass is 10.1. The smallest absolute Gasteiger partial charge is 0.259 e. The number of aromatic amines is 1. The zero-order valence-electron chi connectivity index (χ0n) is 23.7. The topological polar surface area (TPSA) is 129 Å². The fraction of sp³-hybridized carbons (Fsp3) is 0.281. The molecule has 5 aromatic rings. The van der Waals surface area contributed by atoms with Crippen LogP contribution in [0.25, 0.3) is 21.8 Å². The van der Waals surface area contributed by atoms with Gasteiger partial charge < -0.3 is 23.9 Å². The summed E-state index contributed by atoms with van der Waals surface area (Å²) in [6.07, 6.45) is 4.09. The van der Waals surface area contributed by atoms with Gasteiger partial charge >= 0.3 is 0 Å². The van der Waals surface area contributed by atoms with Crippen molar-refractivity contribution in [3.63, 3.8) is 0 Å². The third-order valence-corrected chi connectivity index (χ3v) is 7.21. The molecule has 0 saturated carbocycles. The van der Waals surface area contributed by atoms with E-state index in [2.05, 4.69) is 24.8 Å². The summed E-state index contributed by atoms with van der Waals surface area (Å²) in [4.78, 5) is 43.3. The van der Waals surface area contributed by atoms with Crippen LogP contribution >= 0.6 is 0 Å². The Kier molecular flexibility index (Phi) is 8.52. The summed E-state index contributed by atoms with van der Waals surface area (Å²) in [5.41, 5.74) is 1.34. The molecule has 0 bridgehead atoms. The fourth-order valence-corrected chi connectivity index (χ4v) is 4.95. The standard InChI is InChI=1S/C32H31N5O6/c1-40-29-18-24-26(19-30(29)42-14-4-11-37-12-15-41-16-13-37)33-10-9-28(24)43-22-8-7-21(34-20-22)17-27(38)31-35-25-6-3-2-5-23(25)32(39)36-31/h2-3,5-10,18-20H,4,11-17H2,1H3,(H,35,36,39). The third-order valence-electron chi connectivity index (χ3n) is 7.21. The van der Waals surface area contributed by atoms with Gasteiger partial charge in [-0.1, -0.05) is 12.1 Å². The van der Waals surface area contributed by atoms with Crippen molar-refractivity contribution in [2.45, 2.75) is 12.8 Å². The van der Waals surface area contributed by atoms with Crippen LogP contribution in [0.5, 0.6) is 23.0 Å². The first-order chi connectivity index (χ1) is 21.1. The molecule has 11 heteroatoms. The SMILES string of the molecule is COc1cc2c(Oc3ccc(CC(=O)c4nc5ccccc5c(=O)[nH]4)nc3)ccnc2cc1OCCCN1CCOCC1. The van der Waals surface area contributed by atoms with E-state index in [9.17, 15) is 9.59 Å². The Labute approximate surface area is 247 Å². The van der Waals surface area contributed by atoms with E-state index >= 15 is 0 Å². The molecule has 1 aliphatic heterocycles. The zero-order valence-corrected chi connectivity index (χ0v) is 23.7. The molecule has 4 heterocycles. The second-order valence-electron chi connectivity index (χ2n) is 10.1. The van der Waals surface area contributed by atoms with Crippen molar-refractivity contribution >= 4 is 27.6 Å². The molecule has 0 unspecified atom stereocenters. The highest BCUT2D eigenvalue weighted by Crippen LogP contribution is 2.37. The molecule has 43 heavy (non-hydrogen) atoms. The van der Waals surface area contributed by atoms with Crippen LogP contribution in [-0.2, 0) is 11.2 Å². The normalized spacial score (nSPS) is 13.7. The Morgan fingerprint density at radius 2 is 1.84 bits per heavy atom. The van der Waals surface area contributed by atoms with E-state index in [0.717, 1.165) is 44.7 Å². The van der Waals surface area contributed by atoms with Crippen molar-refractivity contribution in [1.82, 2.24) is 24.8 Å². The molecule has 0 amide bonds. The second kappa shape index (κ2) is 13.0. The fourth-order valence-electron chi connectivity index (χ4n) is 4.95. The molecule has 1 N–H and O–H groups in total. The van der Waals surface area contributed by atoms with Crippen molar-refractivity contribution in [1.29, 1.82) is 0 Å². The molecule has 0 radical (unpaired) electrons. The van der Waals surface area contributed by atoms with Gasteiger partial charge in [0.25, 0.3) is 5.56 Å². The number of methoxy groups -OCH3 is 1. The van der Waals surface area contributed by atoms with Crippen LogP contribution in [-0.4, -0.2) is 77.2 Å². The number of nitrogens with zero attached hydrogens (tertiary/aromatic N) is 4. The van der Waals surface area contributed by atoms with Crippen LogP contribution in [0.15, 0.2) is 71.8 Å². The van der Waals surface area contributed by atoms with Crippen LogP contribution in [0.4, 0.5) is 0 Å². The van der Waals surface area contributed by atoms with Gasteiger partial charge in [0.1, 0.15) is 11.5 Å². The molecule has 1 fully saturated rings. The molecule has 220 valence electrons. The van der Waals surface area contributed by atoms with Crippen LogP contribution < -0.4 is 19.8 Å². The number of hydrogen-bond donors (Lipinski definition) is 1. The molecule has 0 spiro atoms. The number of benzene rings is 2. The summed E-state index contributed by atoms with van der Waals surface area (Å²) >= 11 is 0. The van der Waals surface area contributed by atoms with Crippen LogP contribution in [0.1, 0.15) is 22.7 Å². The highest BCUT2D eigenvalue weighted by molar-refractivity contribution is 5.95. The van der Waals surface area contributed by atoms with Gasteiger partial charge in [-0.15, -0.1) is 0 Å². The lowest BCUT2D eigenvalue weighted by Crippen LogP contribution is -2.37. The Morgan fingerprint density at radius 3 is 2.65 bits per heavy atom. The number of ketones is 1. The second-order valence-corrected chi connectivity index (χ2v) is 10.1. The Morgan fingerprint density at radius 1 is 0.977 bits per heavy atom. The van der Waals surface area contributed by atoms with E-state index in [1.807, 2.05) is 12.1 Å². The van der Waals surface area contributed by atoms with E-state index in [-0.39, 0.29) is 23.6 Å². The summed E-state index contributed by atoms with van der Waals surface area (Å²) in [5, 5.41) is 1.19. The van der Waals surface area contributed by atoms with Gasteiger partial charge in [-0.25, -0.2) is 4.98 Å². The number of ether oxygens (including phenoxy) is 4. The predicted molar refractivity (Wildman–Crippen MR) is 160 cm³/mol. The van der Waals surface area contributed by atoms with Gasteiger partial charge in [-0.05, 0) is 42.8 Å². The molecule has 3 aromatic heterocycles. The van der Waals surface area contributed by atoms with Gasteiger partial charge in [0.15, 0.2) is 17.3 Å².